The van der Waals surface area contributed by atoms with Crippen LogP contribution in [0.4, 0.5) is 18.9 Å². The molecule has 0 unspecified atom stereocenters. The van der Waals surface area contributed by atoms with Crippen LogP contribution < -0.4 is 10.6 Å². The van der Waals surface area contributed by atoms with E-state index in [9.17, 15) is 22.8 Å². The standard InChI is InChI=1S/C16H12ClF3N2O2/c17-12-5-2-4-11(8-12)14(23)22-13-6-1-3-10(7-13)9-21-15(24)16(18,19)20/h1-8H,9H2,(H,21,24)(H,22,23). The average molecular weight is 357 g/mol. The average Bonchev–Trinajstić information content (AvgIpc) is 2.52. The summed E-state index contributed by atoms with van der Waals surface area (Å²) in [6, 6.07) is 12.5. The first-order valence-electron chi connectivity index (χ1n) is 6.76. The molecular weight excluding hydrogens is 345 g/mol. The summed E-state index contributed by atoms with van der Waals surface area (Å²) in [7, 11) is 0. The summed E-state index contributed by atoms with van der Waals surface area (Å²) in [4.78, 5) is 22.9. The highest BCUT2D eigenvalue weighted by molar-refractivity contribution is 6.31. The van der Waals surface area contributed by atoms with E-state index in [0.717, 1.165) is 0 Å². The van der Waals surface area contributed by atoms with Crippen LogP contribution in [-0.4, -0.2) is 18.0 Å². The molecule has 0 aliphatic rings. The van der Waals surface area contributed by atoms with Crippen molar-refractivity contribution in [2.24, 2.45) is 0 Å². The van der Waals surface area contributed by atoms with Crippen LogP contribution in [0.5, 0.6) is 0 Å². The Kier molecular flexibility index (Phi) is 5.46. The van der Waals surface area contributed by atoms with Gasteiger partial charge in [0.2, 0.25) is 0 Å². The van der Waals surface area contributed by atoms with E-state index in [1.54, 1.807) is 35.6 Å². The van der Waals surface area contributed by atoms with Gasteiger partial charge in [0.25, 0.3) is 5.91 Å². The highest BCUT2D eigenvalue weighted by Gasteiger charge is 2.38. The maximum absolute atomic E-state index is 12.1. The predicted octanol–water partition coefficient (Wildman–Crippen LogP) is 3.77. The van der Waals surface area contributed by atoms with Crippen LogP contribution in [0.3, 0.4) is 0 Å². The van der Waals surface area contributed by atoms with Crippen molar-refractivity contribution in [3.63, 3.8) is 0 Å². The van der Waals surface area contributed by atoms with Gasteiger partial charge in [0, 0.05) is 22.8 Å². The first kappa shape index (κ1) is 17.8. The van der Waals surface area contributed by atoms with E-state index >= 15 is 0 Å². The third kappa shape index (κ3) is 4.99. The van der Waals surface area contributed by atoms with Crippen molar-refractivity contribution in [3.8, 4) is 0 Å². The van der Waals surface area contributed by atoms with Gasteiger partial charge in [-0.3, -0.25) is 9.59 Å². The summed E-state index contributed by atoms with van der Waals surface area (Å²) in [6.07, 6.45) is -4.93. The number of amides is 2. The monoisotopic (exact) mass is 356 g/mol. The van der Waals surface area contributed by atoms with Gasteiger partial charge in [-0.1, -0.05) is 29.8 Å². The predicted molar refractivity (Wildman–Crippen MR) is 83.7 cm³/mol. The Bertz CT molecular complexity index is 763. The fraction of sp³-hybridized carbons (Fsp3) is 0.125. The Morgan fingerprint density at radius 1 is 1.04 bits per heavy atom. The molecule has 0 aromatic heterocycles. The number of alkyl halides is 3. The molecule has 2 amide bonds. The zero-order valence-corrected chi connectivity index (χ0v) is 12.9. The largest absolute Gasteiger partial charge is 0.471 e. The number of carbonyl (C=O) groups excluding carboxylic acids is 2. The van der Waals surface area contributed by atoms with E-state index in [2.05, 4.69) is 5.32 Å². The summed E-state index contributed by atoms with van der Waals surface area (Å²) in [5, 5.41) is 4.78. The third-order valence-corrected chi connectivity index (χ3v) is 3.22. The Morgan fingerprint density at radius 2 is 1.75 bits per heavy atom. The van der Waals surface area contributed by atoms with Gasteiger partial charge >= 0.3 is 12.1 Å². The molecule has 0 heterocycles. The van der Waals surface area contributed by atoms with Crippen molar-refractivity contribution < 1.29 is 22.8 Å². The zero-order chi connectivity index (χ0) is 17.7. The van der Waals surface area contributed by atoms with E-state index in [1.807, 2.05) is 0 Å². The quantitative estimate of drug-likeness (QED) is 0.876. The van der Waals surface area contributed by atoms with Crippen LogP contribution in [0.25, 0.3) is 0 Å². The second-order valence-corrected chi connectivity index (χ2v) is 5.28. The van der Waals surface area contributed by atoms with Gasteiger partial charge in [-0.25, -0.2) is 0 Å². The van der Waals surface area contributed by atoms with Crippen LogP contribution in [-0.2, 0) is 11.3 Å². The van der Waals surface area contributed by atoms with Crippen LogP contribution in [0.2, 0.25) is 5.02 Å². The Labute approximate surface area is 140 Å². The molecule has 8 heteroatoms. The minimum Gasteiger partial charge on any atom is -0.344 e. The normalized spacial score (nSPS) is 11.0. The Morgan fingerprint density at radius 3 is 2.42 bits per heavy atom. The van der Waals surface area contributed by atoms with Gasteiger partial charge in [-0.2, -0.15) is 13.2 Å². The molecule has 24 heavy (non-hydrogen) atoms. The molecule has 0 radical (unpaired) electrons. The molecule has 2 N–H and O–H groups in total. The zero-order valence-electron chi connectivity index (χ0n) is 12.2. The van der Waals surface area contributed by atoms with Crippen molar-refractivity contribution in [2.45, 2.75) is 12.7 Å². The summed E-state index contributed by atoms with van der Waals surface area (Å²) >= 11 is 5.81. The summed E-state index contributed by atoms with van der Waals surface area (Å²) in [6.45, 7) is -0.306. The number of benzene rings is 2. The first-order chi connectivity index (χ1) is 11.3. The van der Waals surface area contributed by atoms with Crippen LogP contribution in [0, 0.1) is 0 Å². The number of hydrogen-bond acceptors (Lipinski definition) is 2. The second kappa shape index (κ2) is 7.35. The minimum atomic E-state index is -4.93. The lowest BCUT2D eigenvalue weighted by Gasteiger charge is -2.10. The molecule has 0 spiro atoms. The van der Waals surface area contributed by atoms with Gasteiger partial charge in [0.05, 0.1) is 0 Å². The molecule has 0 aliphatic carbocycles. The number of anilines is 1. The van der Waals surface area contributed by atoms with E-state index in [0.29, 0.717) is 21.8 Å². The Hall–Kier alpha value is -2.54. The maximum Gasteiger partial charge on any atom is 0.471 e. The molecule has 2 aromatic carbocycles. The fourth-order valence-electron chi connectivity index (χ4n) is 1.87. The van der Waals surface area contributed by atoms with E-state index in [-0.39, 0.29) is 6.54 Å². The topological polar surface area (TPSA) is 58.2 Å². The Balaban J connectivity index is 2.02. The molecule has 0 saturated heterocycles. The maximum atomic E-state index is 12.1. The molecule has 0 bridgehead atoms. The molecule has 0 saturated carbocycles. The van der Waals surface area contributed by atoms with Gasteiger partial charge in [0.1, 0.15) is 0 Å². The SMILES string of the molecule is O=C(Nc1cccc(CNC(=O)C(F)(F)F)c1)c1cccc(Cl)c1. The van der Waals surface area contributed by atoms with Crippen molar-refractivity contribution >= 4 is 29.1 Å². The molecule has 2 aromatic rings. The molecule has 0 atom stereocenters. The van der Waals surface area contributed by atoms with Crippen molar-refractivity contribution in [1.82, 2.24) is 5.32 Å². The number of carbonyl (C=O) groups is 2. The molecule has 2 rings (SSSR count). The highest BCUT2D eigenvalue weighted by atomic mass is 35.5. The van der Waals surface area contributed by atoms with Gasteiger partial charge in [-0.05, 0) is 35.9 Å². The summed E-state index contributed by atoms with van der Waals surface area (Å²) in [5.41, 5.74) is 1.15. The number of rotatable bonds is 4. The van der Waals surface area contributed by atoms with Gasteiger partial charge in [0.15, 0.2) is 0 Å². The van der Waals surface area contributed by atoms with Crippen molar-refractivity contribution in [1.29, 1.82) is 0 Å². The van der Waals surface area contributed by atoms with Crippen molar-refractivity contribution in [2.75, 3.05) is 5.32 Å². The highest BCUT2D eigenvalue weighted by Crippen LogP contribution is 2.17. The van der Waals surface area contributed by atoms with E-state index < -0.39 is 18.0 Å². The van der Waals surface area contributed by atoms with E-state index in [1.165, 1.54) is 18.2 Å². The van der Waals surface area contributed by atoms with Gasteiger partial charge in [-0.15, -0.1) is 0 Å². The minimum absolute atomic E-state index is 0.306. The van der Waals surface area contributed by atoms with Crippen LogP contribution in [0.15, 0.2) is 48.5 Å². The molecule has 0 fully saturated rings. The molecule has 0 aliphatic heterocycles. The fourth-order valence-corrected chi connectivity index (χ4v) is 2.06. The van der Waals surface area contributed by atoms with Crippen LogP contribution in [0.1, 0.15) is 15.9 Å². The lowest BCUT2D eigenvalue weighted by Crippen LogP contribution is -2.36. The lowest BCUT2D eigenvalue weighted by molar-refractivity contribution is -0.173. The number of hydrogen-bond donors (Lipinski definition) is 2. The smallest absolute Gasteiger partial charge is 0.344 e. The molecule has 4 nitrogen and oxygen atoms in total. The summed E-state index contributed by atoms with van der Waals surface area (Å²) < 4.78 is 36.4. The lowest BCUT2D eigenvalue weighted by atomic mass is 10.1. The van der Waals surface area contributed by atoms with E-state index in [4.69, 9.17) is 11.6 Å². The molecular formula is C16H12ClF3N2O2. The van der Waals surface area contributed by atoms with Crippen LogP contribution >= 0.6 is 11.6 Å². The van der Waals surface area contributed by atoms with Crippen molar-refractivity contribution in [3.05, 3.63) is 64.7 Å². The second-order valence-electron chi connectivity index (χ2n) is 4.85. The van der Waals surface area contributed by atoms with Gasteiger partial charge < -0.3 is 10.6 Å². The summed E-state index contributed by atoms with van der Waals surface area (Å²) in [5.74, 6) is -2.43. The number of nitrogens with one attached hydrogen (secondary N) is 2. The molecule has 126 valence electrons. The third-order valence-electron chi connectivity index (χ3n) is 2.98. The number of halogens is 4. The first-order valence-corrected chi connectivity index (χ1v) is 7.14.